The third-order valence-electron chi connectivity index (χ3n) is 1.98. The van der Waals surface area contributed by atoms with Gasteiger partial charge in [-0.1, -0.05) is 6.92 Å². The van der Waals surface area contributed by atoms with Crippen LogP contribution in [0.25, 0.3) is 0 Å². The molecule has 1 unspecified atom stereocenters. The van der Waals surface area contributed by atoms with Gasteiger partial charge in [-0.05, 0) is 24.7 Å². The summed E-state index contributed by atoms with van der Waals surface area (Å²) < 4.78 is 4.87. The van der Waals surface area contributed by atoms with Crippen molar-refractivity contribution in [1.82, 2.24) is 0 Å². The highest BCUT2D eigenvalue weighted by molar-refractivity contribution is 5.65. The molecule has 2 heteroatoms. The minimum absolute atomic E-state index is 0.160. The van der Waals surface area contributed by atoms with Gasteiger partial charge in [-0.3, -0.25) is 4.79 Å². The molecule has 0 aliphatic heterocycles. The first-order valence-electron chi connectivity index (χ1n) is 3.83. The topological polar surface area (TPSA) is 26.3 Å². The summed E-state index contributed by atoms with van der Waals surface area (Å²) >= 11 is 0. The van der Waals surface area contributed by atoms with Crippen molar-refractivity contribution >= 4 is 5.97 Å². The maximum absolute atomic E-state index is 10.4. The highest BCUT2D eigenvalue weighted by atomic mass is 16.5. The van der Waals surface area contributed by atoms with Crippen LogP contribution in [0, 0.1) is 11.8 Å². The molecular weight excluding hydrogens is 128 g/mol. The summed E-state index contributed by atoms with van der Waals surface area (Å²) in [6, 6.07) is 0. The molecule has 1 fully saturated rings. The summed E-state index contributed by atoms with van der Waals surface area (Å²) in [5.41, 5.74) is 0. The largest absolute Gasteiger partial charge is 0.466 e. The molecular formula is C8H14O2. The zero-order valence-electron chi connectivity index (χ0n) is 6.59. The lowest BCUT2D eigenvalue weighted by molar-refractivity contribution is -0.142. The summed E-state index contributed by atoms with van der Waals surface area (Å²) in [7, 11) is 0. The van der Waals surface area contributed by atoms with Crippen LogP contribution < -0.4 is 0 Å². The second kappa shape index (κ2) is 3.04. The molecule has 58 valence electrons. The van der Waals surface area contributed by atoms with Gasteiger partial charge in [-0.25, -0.2) is 0 Å². The number of hydrogen-bond acceptors (Lipinski definition) is 2. The summed E-state index contributed by atoms with van der Waals surface area (Å²) in [6.07, 6.45) is 2.64. The van der Waals surface area contributed by atoms with E-state index in [0.29, 0.717) is 12.5 Å². The maximum atomic E-state index is 10.4. The molecule has 0 aromatic heterocycles. The Kier molecular flexibility index (Phi) is 2.30. The second-order valence-electron chi connectivity index (χ2n) is 3.12. The van der Waals surface area contributed by atoms with Gasteiger partial charge in [0.2, 0.25) is 0 Å². The van der Waals surface area contributed by atoms with Crippen LogP contribution in [0.1, 0.15) is 26.7 Å². The van der Waals surface area contributed by atoms with Gasteiger partial charge in [0.1, 0.15) is 0 Å². The quantitative estimate of drug-likeness (QED) is 0.559. The van der Waals surface area contributed by atoms with Crippen LogP contribution >= 0.6 is 0 Å². The average Bonchev–Trinajstić information content (AvgIpc) is 2.63. The van der Waals surface area contributed by atoms with Crippen LogP contribution in [0.3, 0.4) is 0 Å². The fourth-order valence-corrected chi connectivity index (χ4v) is 1.05. The Morgan fingerprint density at radius 2 is 2.30 bits per heavy atom. The molecule has 0 spiro atoms. The van der Waals surface area contributed by atoms with E-state index in [-0.39, 0.29) is 5.97 Å². The van der Waals surface area contributed by atoms with E-state index >= 15 is 0 Å². The molecule has 0 radical (unpaired) electrons. The molecule has 0 aromatic carbocycles. The van der Waals surface area contributed by atoms with Gasteiger partial charge in [0.25, 0.3) is 0 Å². The first-order chi connectivity index (χ1) is 4.70. The Balaban J connectivity index is 2.05. The third-order valence-corrected chi connectivity index (χ3v) is 1.98. The predicted octanol–water partition coefficient (Wildman–Crippen LogP) is 1.60. The molecule has 0 N–H and O–H groups in total. The van der Waals surface area contributed by atoms with Crippen LogP contribution in [-0.4, -0.2) is 12.6 Å². The molecule has 1 aliphatic rings. The SMILES string of the molecule is CC(=O)OCC(C)C1CC1. The molecule has 0 saturated heterocycles. The predicted molar refractivity (Wildman–Crippen MR) is 38.5 cm³/mol. The van der Waals surface area contributed by atoms with Crippen LogP contribution in [-0.2, 0) is 9.53 Å². The zero-order valence-corrected chi connectivity index (χ0v) is 6.59. The Morgan fingerprint density at radius 3 is 2.70 bits per heavy atom. The van der Waals surface area contributed by atoms with E-state index in [1.807, 2.05) is 0 Å². The average molecular weight is 142 g/mol. The van der Waals surface area contributed by atoms with Crippen molar-refractivity contribution in [2.24, 2.45) is 11.8 Å². The minimum atomic E-state index is -0.160. The van der Waals surface area contributed by atoms with Gasteiger partial charge in [0, 0.05) is 6.92 Å². The van der Waals surface area contributed by atoms with Gasteiger partial charge in [0.15, 0.2) is 0 Å². The molecule has 1 atom stereocenters. The van der Waals surface area contributed by atoms with E-state index in [9.17, 15) is 4.79 Å². The lowest BCUT2D eigenvalue weighted by Gasteiger charge is -2.08. The molecule has 0 heterocycles. The van der Waals surface area contributed by atoms with E-state index < -0.39 is 0 Å². The zero-order chi connectivity index (χ0) is 7.56. The van der Waals surface area contributed by atoms with Gasteiger partial charge >= 0.3 is 5.97 Å². The van der Waals surface area contributed by atoms with Crippen molar-refractivity contribution in [2.45, 2.75) is 26.7 Å². The van der Waals surface area contributed by atoms with E-state index in [1.54, 1.807) is 0 Å². The fourth-order valence-electron chi connectivity index (χ4n) is 1.05. The van der Waals surface area contributed by atoms with E-state index in [0.717, 1.165) is 5.92 Å². The van der Waals surface area contributed by atoms with Crippen LogP contribution in [0.15, 0.2) is 0 Å². The summed E-state index contributed by atoms with van der Waals surface area (Å²) in [5.74, 6) is 1.25. The first-order valence-corrected chi connectivity index (χ1v) is 3.83. The van der Waals surface area contributed by atoms with Crippen molar-refractivity contribution in [1.29, 1.82) is 0 Å². The monoisotopic (exact) mass is 142 g/mol. The molecule has 1 aliphatic carbocycles. The normalized spacial score (nSPS) is 20.2. The second-order valence-corrected chi connectivity index (χ2v) is 3.12. The Labute approximate surface area is 61.6 Å². The minimum Gasteiger partial charge on any atom is -0.466 e. The highest BCUT2D eigenvalue weighted by Gasteiger charge is 2.28. The highest BCUT2D eigenvalue weighted by Crippen LogP contribution is 2.36. The maximum Gasteiger partial charge on any atom is 0.302 e. The van der Waals surface area contributed by atoms with E-state index in [4.69, 9.17) is 4.74 Å². The van der Waals surface area contributed by atoms with Gasteiger partial charge in [-0.2, -0.15) is 0 Å². The Morgan fingerprint density at radius 1 is 1.70 bits per heavy atom. The smallest absolute Gasteiger partial charge is 0.302 e. The number of ether oxygens (including phenoxy) is 1. The number of carbonyl (C=O) groups excluding carboxylic acids is 1. The summed E-state index contributed by atoms with van der Waals surface area (Å²) in [6.45, 7) is 4.21. The fraction of sp³-hybridized carbons (Fsp3) is 0.875. The Bertz CT molecular complexity index is 127. The van der Waals surface area contributed by atoms with Crippen molar-refractivity contribution in [2.75, 3.05) is 6.61 Å². The number of carbonyl (C=O) groups is 1. The molecule has 0 aromatic rings. The van der Waals surface area contributed by atoms with Crippen molar-refractivity contribution in [3.63, 3.8) is 0 Å². The van der Waals surface area contributed by atoms with E-state index in [1.165, 1.54) is 19.8 Å². The lowest BCUT2D eigenvalue weighted by Crippen LogP contribution is -2.10. The molecule has 1 rings (SSSR count). The molecule has 0 bridgehead atoms. The first kappa shape index (κ1) is 7.58. The molecule has 10 heavy (non-hydrogen) atoms. The Hall–Kier alpha value is -0.530. The number of esters is 1. The van der Waals surface area contributed by atoms with Crippen LogP contribution in [0.5, 0.6) is 0 Å². The lowest BCUT2D eigenvalue weighted by atomic mass is 10.1. The number of rotatable bonds is 3. The molecule has 1 saturated carbocycles. The number of hydrogen-bond donors (Lipinski definition) is 0. The summed E-state index contributed by atoms with van der Waals surface area (Å²) in [5, 5.41) is 0. The third kappa shape index (κ3) is 2.38. The van der Waals surface area contributed by atoms with Crippen molar-refractivity contribution in [3.8, 4) is 0 Å². The van der Waals surface area contributed by atoms with Gasteiger partial charge in [0.05, 0.1) is 6.61 Å². The van der Waals surface area contributed by atoms with Crippen molar-refractivity contribution in [3.05, 3.63) is 0 Å². The standard InChI is InChI=1S/C8H14O2/c1-6(8-3-4-8)5-10-7(2)9/h6,8H,3-5H2,1-2H3. The van der Waals surface area contributed by atoms with Gasteiger partial charge < -0.3 is 4.74 Å². The van der Waals surface area contributed by atoms with Gasteiger partial charge in [-0.15, -0.1) is 0 Å². The summed E-state index contributed by atoms with van der Waals surface area (Å²) in [4.78, 5) is 10.4. The van der Waals surface area contributed by atoms with E-state index in [2.05, 4.69) is 6.92 Å². The van der Waals surface area contributed by atoms with Crippen LogP contribution in [0.2, 0.25) is 0 Å². The van der Waals surface area contributed by atoms with Crippen LogP contribution in [0.4, 0.5) is 0 Å². The van der Waals surface area contributed by atoms with Crippen molar-refractivity contribution < 1.29 is 9.53 Å². The molecule has 0 amide bonds. The molecule has 2 nitrogen and oxygen atoms in total.